The van der Waals surface area contributed by atoms with Crippen LogP contribution in [0.5, 0.6) is 5.75 Å². The number of ether oxygens (including phenoxy) is 1. The van der Waals surface area contributed by atoms with Crippen molar-refractivity contribution in [3.63, 3.8) is 0 Å². The second-order valence-corrected chi connectivity index (χ2v) is 3.02. The maximum atomic E-state index is 5.29. The zero-order valence-electron chi connectivity index (χ0n) is 8.50. The van der Waals surface area contributed by atoms with E-state index in [9.17, 15) is 0 Å². The zero-order chi connectivity index (χ0) is 10.5. The van der Waals surface area contributed by atoms with E-state index < -0.39 is 0 Å². The Morgan fingerprint density at radius 3 is 2.93 bits per heavy atom. The summed E-state index contributed by atoms with van der Waals surface area (Å²) in [4.78, 5) is 5.99. The van der Waals surface area contributed by atoms with Gasteiger partial charge in [0.1, 0.15) is 5.75 Å². The highest BCUT2D eigenvalue weighted by atomic mass is 16.5. The molecule has 0 amide bonds. The van der Waals surface area contributed by atoms with Crippen molar-refractivity contribution in [2.24, 2.45) is 4.99 Å². The predicted molar refractivity (Wildman–Crippen MR) is 62.2 cm³/mol. The van der Waals surface area contributed by atoms with Gasteiger partial charge in [-0.05, 0) is 18.2 Å². The Bertz CT molecular complexity index is 405. The Morgan fingerprint density at radius 1 is 1.20 bits per heavy atom. The molecule has 1 aromatic carbocycles. The third-order valence-corrected chi connectivity index (χ3v) is 2.10. The summed E-state index contributed by atoms with van der Waals surface area (Å²) in [6, 6.07) is 7.86. The molecule has 0 radical (unpaired) electrons. The van der Waals surface area contributed by atoms with Gasteiger partial charge in [-0.2, -0.15) is 0 Å². The number of nitrogens with zero attached hydrogens (tertiary/aromatic N) is 2. The number of anilines is 1. The predicted octanol–water partition coefficient (Wildman–Crippen LogP) is 2.57. The number of hydrogen-bond acceptors (Lipinski definition) is 3. The number of methoxy groups -OCH3 is 1. The summed E-state index contributed by atoms with van der Waals surface area (Å²) in [5.41, 5.74) is 0.998. The molecular formula is C12H12N2O. The van der Waals surface area contributed by atoms with Crippen LogP contribution < -0.4 is 9.64 Å². The van der Waals surface area contributed by atoms with Gasteiger partial charge in [0.25, 0.3) is 0 Å². The minimum absolute atomic E-state index is 0.841. The van der Waals surface area contributed by atoms with Crippen molar-refractivity contribution < 1.29 is 4.74 Å². The molecule has 0 N–H and O–H groups in total. The van der Waals surface area contributed by atoms with Crippen LogP contribution in [0.3, 0.4) is 0 Å². The van der Waals surface area contributed by atoms with Crippen molar-refractivity contribution >= 4 is 11.9 Å². The van der Waals surface area contributed by atoms with Gasteiger partial charge in [-0.25, -0.2) is 0 Å². The minimum Gasteiger partial charge on any atom is -0.495 e. The molecule has 0 atom stereocenters. The van der Waals surface area contributed by atoms with Crippen molar-refractivity contribution in [3.8, 4) is 5.75 Å². The lowest BCUT2D eigenvalue weighted by Gasteiger charge is -2.17. The van der Waals surface area contributed by atoms with E-state index in [0.29, 0.717) is 0 Å². The van der Waals surface area contributed by atoms with Gasteiger partial charge in [0.05, 0.1) is 12.8 Å². The molecule has 2 rings (SSSR count). The quantitative estimate of drug-likeness (QED) is 0.733. The third-order valence-electron chi connectivity index (χ3n) is 2.10. The van der Waals surface area contributed by atoms with Gasteiger partial charge in [-0.3, -0.25) is 4.99 Å². The topological polar surface area (TPSA) is 24.8 Å². The lowest BCUT2D eigenvalue weighted by Crippen LogP contribution is -2.07. The fourth-order valence-electron chi connectivity index (χ4n) is 1.39. The van der Waals surface area contributed by atoms with Gasteiger partial charge >= 0.3 is 0 Å². The van der Waals surface area contributed by atoms with Gasteiger partial charge < -0.3 is 9.64 Å². The highest BCUT2D eigenvalue weighted by molar-refractivity contribution is 5.75. The van der Waals surface area contributed by atoms with E-state index in [1.54, 1.807) is 19.5 Å². The lowest BCUT2D eigenvalue weighted by molar-refractivity contribution is 0.416. The first-order valence-electron chi connectivity index (χ1n) is 4.70. The molecule has 0 spiro atoms. The van der Waals surface area contributed by atoms with Gasteiger partial charge in [-0.15, -0.1) is 0 Å². The van der Waals surface area contributed by atoms with Crippen LogP contribution in [0.4, 0.5) is 5.69 Å². The standard InChI is InChI=1S/C12H12N2O/c1-15-12-6-3-2-5-11(12)14-9-4-7-13-8-10-14/h2-10H,1H3. The Morgan fingerprint density at radius 2 is 2.07 bits per heavy atom. The van der Waals surface area contributed by atoms with Gasteiger partial charge in [0.15, 0.2) is 0 Å². The molecule has 15 heavy (non-hydrogen) atoms. The van der Waals surface area contributed by atoms with Crippen LogP contribution in [0.1, 0.15) is 0 Å². The van der Waals surface area contributed by atoms with Crippen LogP contribution in [0.15, 0.2) is 53.9 Å². The molecule has 0 saturated carbocycles. The molecule has 3 heteroatoms. The first kappa shape index (κ1) is 9.52. The number of rotatable bonds is 2. The van der Waals surface area contributed by atoms with Crippen LogP contribution in [0.2, 0.25) is 0 Å². The normalized spacial score (nSPS) is 14.1. The largest absolute Gasteiger partial charge is 0.495 e. The minimum atomic E-state index is 0.841. The molecule has 76 valence electrons. The molecule has 1 aliphatic rings. The summed E-state index contributed by atoms with van der Waals surface area (Å²) < 4.78 is 5.29. The second kappa shape index (κ2) is 4.46. The summed E-state index contributed by atoms with van der Waals surface area (Å²) >= 11 is 0. The average molecular weight is 200 g/mol. The van der Waals surface area contributed by atoms with E-state index >= 15 is 0 Å². The lowest BCUT2D eigenvalue weighted by atomic mass is 10.2. The SMILES string of the molecule is COc1ccccc1N1C=CC=NC=C1. The van der Waals surface area contributed by atoms with Crippen molar-refractivity contribution in [1.82, 2.24) is 0 Å². The first-order valence-corrected chi connectivity index (χ1v) is 4.70. The smallest absolute Gasteiger partial charge is 0.142 e. The first-order chi connectivity index (χ1) is 7.42. The molecule has 1 aliphatic heterocycles. The molecule has 0 unspecified atom stereocenters. The van der Waals surface area contributed by atoms with Crippen LogP contribution in [-0.4, -0.2) is 13.3 Å². The Balaban J connectivity index is 2.36. The highest BCUT2D eigenvalue weighted by Gasteiger charge is 2.06. The maximum Gasteiger partial charge on any atom is 0.142 e. The molecule has 0 aromatic heterocycles. The van der Waals surface area contributed by atoms with Gasteiger partial charge in [-0.1, -0.05) is 12.1 Å². The van der Waals surface area contributed by atoms with Crippen molar-refractivity contribution in [1.29, 1.82) is 0 Å². The van der Waals surface area contributed by atoms with Crippen molar-refractivity contribution in [3.05, 3.63) is 48.9 Å². The van der Waals surface area contributed by atoms with Gasteiger partial charge in [0, 0.05) is 24.8 Å². The van der Waals surface area contributed by atoms with E-state index in [1.165, 1.54) is 0 Å². The van der Waals surface area contributed by atoms with Crippen LogP contribution in [0.25, 0.3) is 0 Å². The van der Waals surface area contributed by atoms with Crippen LogP contribution in [0, 0.1) is 0 Å². The van der Waals surface area contributed by atoms with E-state index in [4.69, 9.17) is 4.74 Å². The second-order valence-electron chi connectivity index (χ2n) is 3.02. The number of benzene rings is 1. The average Bonchev–Trinajstić information content (AvgIpc) is 2.57. The summed E-state index contributed by atoms with van der Waals surface area (Å²) in [6.45, 7) is 0. The fraction of sp³-hybridized carbons (Fsp3) is 0.0833. The molecule has 0 aliphatic carbocycles. The molecule has 0 saturated heterocycles. The number of allylic oxidation sites excluding steroid dienone is 1. The summed E-state index contributed by atoms with van der Waals surface area (Å²) in [5, 5.41) is 0. The summed E-state index contributed by atoms with van der Waals surface area (Å²) in [6.07, 6.45) is 9.19. The maximum absolute atomic E-state index is 5.29. The van der Waals surface area contributed by atoms with Crippen LogP contribution in [-0.2, 0) is 0 Å². The zero-order valence-corrected chi connectivity index (χ0v) is 8.50. The molecule has 1 aromatic rings. The van der Waals surface area contributed by atoms with E-state index in [0.717, 1.165) is 11.4 Å². The molecule has 1 heterocycles. The van der Waals surface area contributed by atoms with Crippen molar-refractivity contribution in [2.75, 3.05) is 12.0 Å². The molecular weight excluding hydrogens is 188 g/mol. The molecule has 0 bridgehead atoms. The molecule has 0 fully saturated rings. The van der Waals surface area contributed by atoms with E-state index in [1.807, 2.05) is 47.6 Å². The Kier molecular flexibility index (Phi) is 2.83. The monoisotopic (exact) mass is 200 g/mol. The van der Waals surface area contributed by atoms with E-state index in [2.05, 4.69) is 4.99 Å². The summed E-state index contributed by atoms with van der Waals surface area (Å²) in [5.74, 6) is 0.841. The Hall–Kier alpha value is -2.03. The van der Waals surface area contributed by atoms with Crippen LogP contribution >= 0.6 is 0 Å². The Labute approximate surface area is 89.0 Å². The number of para-hydroxylation sites is 2. The fourth-order valence-corrected chi connectivity index (χ4v) is 1.39. The number of aliphatic imine (C=N–C) groups is 1. The van der Waals surface area contributed by atoms with E-state index in [-0.39, 0.29) is 0 Å². The van der Waals surface area contributed by atoms with Crippen molar-refractivity contribution in [2.45, 2.75) is 0 Å². The van der Waals surface area contributed by atoms with Gasteiger partial charge in [0.2, 0.25) is 0 Å². The number of hydrogen-bond donors (Lipinski definition) is 0. The highest BCUT2D eigenvalue weighted by Crippen LogP contribution is 2.28. The summed E-state index contributed by atoms with van der Waals surface area (Å²) in [7, 11) is 1.67. The molecule has 3 nitrogen and oxygen atoms in total. The third kappa shape index (κ3) is 2.07.